The first-order chi connectivity index (χ1) is 17.0. The van der Waals surface area contributed by atoms with E-state index in [2.05, 4.69) is 31.6 Å². The van der Waals surface area contributed by atoms with Crippen molar-refractivity contribution in [3.8, 4) is 0 Å². The van der Waals surface area contributed by atoms with E-state index in [1.807, 2.05) is 25.1 Å². The Morgan fingerprint density at radius 1 is 1.17 bits per heavy atom. The number of amides is 2. The molecule has 1 aliphatic carbocycles. The van der Waals surface area contributed by atoms with E-state index in [1.165, 1.54) is 27.8 Å². The average Bonchev–Trinajstić information content (AvgIpc) is 3.49. The molecule has 5 rings (SSSR count). The largest absolute Gasteiger partial charge is 0.356 e. The Morgan fingerprint density at radius 2 is 1.97 bits per heavy atom. The fourth-order valence-electron chi connectivity index (χ4n) is 4.91. The molecule has 0 saturated carbocycles. The van der Waals surface area contributed by atoms with Crippen LogP contribution in [-0.2, 0) is 22.6 Å². The molecule has 1 saturated heterocycles. The molecule has 184 valence electrons. The zero-order valence-corrected chi connectivity index (χ0v) is 20.6. The molecule has 1 atom stereocenters. The van der Waals surface area contributed by atoms with Crippen molar-refractivity contribution in [2.45, 2.75) is 51.6 Å². The Hall–Kier alpha value is -3.27. The molecule has 3 heterocycles. The molecule has 9 nitrogen and oxygen atoms in total. The Kier molecular flexibility index (Phi) is 6.81. The number of thiazole rings is 1. The van der Waals surface area contributed by atoms with Crippen LogP contribution in [0.25, 0.3) is 10.3 Å². The Balaban J connectivity index is 1.24. The first kappa shape index (κ1) is 23.5. The highest BCUT2D eigenvalue weighted by molar-refractivity contribution is 7.22. The molecule has 1 unspecified atom stereocenters. The van der Waals surface area contributed by atoms with E-state index in [9.17, 15) is 14.4 Å². The summed E-state index contributed by atoms with van der Waals surface area (Å²) < 4.78 is 1.80. The van der Waals surface area contributed by atoms with Crippen LogP contribution in [0.3, 0.4) is 0 Å². The van der Waals surface area contributed by atoms with Gasteiger partial charge in [0.1, 0.15) is 17.6 Å². The summed E-state index contributed by atoms with van der Waals surface area (Å²) in [6, 6.07) is 8.12. The number of piperidine rings is 1. The van der Waals surface area contributed by atoms with Gasteiger partial charge in [0.05, 0.1) is 6.04 Å². The van der Waals surface area contributed by atoms with E-state index in [4.69, 9.17) is 0 Å². The van der Waals surface area contributed by atoms with Crippen LogP contribution in [0.15, 0.2) is 35.4 Å². The number of carbonyl (C=O) groups excluding carboxylic acids is 2. The van der Waals surface area contributed by atoms with Gasteiger partial charge in [0.25, 0.3) is 5.56 Å². The Morgan fingerprint density at radius 3 is 2.77 bits per heavy atom. The Labute approximate surface area is 207 Å². The van der Waals surface area contributed by atoms with Gasteiger partial charge in [-0.2, -0.15) is 4.98 Å². The van der Waals surface area contributed by atoms with E-state index >= 15 is 0 Å². The monoisotopic (exact) mass is 494 g/mol. The second-order valence-electron chi connectivity index (χ2n) is 9.24. The zero-order chi connectivity index (χ0) is 24.4. The first-order valence-corrected chi connectivity index (χ1v) is 13.1. The fourth-order valence-corrected chi connectivity index (χ4v) is 5.93. The van der Waals surface area contributed by atoms with Crippen LogP contribution in [0.5, 0.6) is 0 Å². The van der Waals surface area contributed by atoms with Crippen molar-refractivity contribution >= 4 is 38.6 Å². The van der Waals surface area contributed by atoms with Gasteiger partial charge in [0.2, 0.25) is 11.8 Å². The smallest absolute Gasteiger partial charge is 0.273 e. The molecule has 2 aromatic heterocycles. The summed E-state index contributed by atoms with van der Waals surface area (Å²) in [5.41, 5.74) is 2.56. The van der Waals surface area contributed by atoms with Crippen molar-refractivity contribution in [2.75, 3.05) is 24.5 Å². The lowest BCUT2D eigenvalue weighted by Crippen LogP contribution is -2.40. The third kappa shape index (κ3) is 4.93. The summed E-state index contributed by atoms with van der Waals surface area (Å²) in [7, 11) is 0. The fraction of sp³-hybridized carbons (Fsp3) is 0.480. The van der Waals surface area contributed by atoms with Crippen LogP contribution < -0.4 is 21.1 Å². The number of aryl methyl sites for hydroxylation is 1. The van der Waals surface area contributed by atoms with E-state index in [0.29, 0.717) is 30.0 Å². The first-order valence-electron chi connectivity index (χ1n) is 12.3. The average molecular weight is 495 g/mol. The van der Waals surface area contributed by atoms with Crippen molar-refractivity contribution < 1.29 is 9.59 Å². The quantitative estimate of drug-likeness (QED) is 0.522. The van der Waals surface area contributed by atoms with E-state index in [-0.39, 0.29) is 35.9 Å². The van der Waals surface area contributed by atoms with Gasteiger partial charge in [0, 0.05) is 25.6 Å². The number of carbonyl (C=O) groups is 2. The highest BCUT2D eigenvalue weighted by atomic mass is 32.1. The molecule has 3 aromatic rings. The summed E-state index contributed by atoms with van der Waals surface area (Å²) >= 11 is 1.31. The molecule has 1 aliphatic heterocycles. The number of anilines is 1. The number of hydrogen-bond donors (Lipinski definition) is 2. The summed E-state index contributed by atoms with van der Waals surface area (Å²) in [4.78, 5) is 49.1. The van der Waals surface area contributed by atoms with Crippen molar-refractivity contribution in [3.63, 3.8) is 0 Å². The molecule has 0 radical (unpaired) electrons. The predicted molar refractivity (Wildman–Crippen MR) is 136 cm³/mol. The lowest BCUT2D eigenvalue weighted by molar-refractivity contribution is -0.125. The lowest BCUT2D eigenvalue weighted by atomic mass is 9.96. The number of hydrogen-bond acceptors (Lipinski definition) is 7. The normalized spacial score (nSPS) is 18.0. The second kappa shape index (κ2) is 10.2. The van der Waals surface area contributed by atoms with Gasteiger partial charge in [-0.3, -0.25) is 19.0 Å². The third-order valence-corrected chi connectivity index (χ3v) is 7.93. The maximum Gasteiger partial charge on any atom is 0.273 e. The van der Waals surface area contributed by atoms with Crippen molar-refractivity contribution in [3.05, 3.63) is 52.1 Å². The number of fused-ring (bicyclic) bond motifs is 2. The van der Waals surface area contributed by atoms with Gasteiger partial charge >= 0.3 is 0 Å². The molecular formula is C25H30N6O3S. The van der Waals surface area contributed by atoms with Gasteiger partial charge in [-0.25, -0.2) is 4.98 Å². The van der Waals surface area contributed by atoms with Gasteiger partial charge in [-0.1, -0.05) is 42.5 Å². The number of nitrogens with one attached hydrogen (secondary N) is 2. The highest BCUT2D eigenvalue weighted by Gasteiger charge is 2.27. The summed E-state index contributed by atoms with van der Waals surface area (Å²) in [5, 5.41) is 6.78. The SMILES string of the molecule is CCCNC(=O)C1CCN(c2nc3ncn(CC(=O)NC4CCc5ccccc54)c(=O)c3s2)CC1. The zero-order valence-electron chi connectivity index (χ0n) is 19.8. The molecule has 1 fully saturated rings. The highest BCUT2D eigenvalue weighted by Crippen LogP contribution is 2.31. The number of aromatic nitrogens is 3. The minimum absolute atomic E-state index is 0.0203. The maximum atomic E-state index is 13.1. The standard InChI is InChI=1S/C25H30N6O3S/c1-2-11-26-23(33)17-9-12-30(13-10-17)25-29-22-21(35-25)24(34)31(15-27-22)14-20(32)28-19-8-7-16-5-3-4-6-18(16)19/h3-6,15,17,19H,2,7-14H2,1H3,(H,26,33)(H,28,32). The topological polar surface area (TPSA) is 109 Å². The summed E-state index contributed by atoms with van der Waals surface area (Å²) in [6.07, 6.45) is 5.66. The predicted octanol–water partition coefficient (Wildman–Crippen LogP) is 2.40. The molecule has 2 aliphatic rings. The number of benzene rings is 1. The van der Waals surface area contributed by atoms with Gasteiger partial charge in [-0.05, 0) is 43.2 Å². The van der Waals surface area contributed by atoms with E-state index < -0.39 is 0 Å². The van der Waals surface area contributed by atoms with Gasteiger partial charge in [0.15, 0.2) is 10.8 Å². The second-order valence-corrected chi connectivity index (χ2v) is 10.2. The molecule has 1 aromatic carbocycles. The lowest BCUT2D eigenvalue weighted by Gasteiger charge is -2.30. The van der Waals surface area contributed by atoms with Crippen molar-refractivity contribution in [1.82, 2.24) is 25.2 Å². The molecule has 0 spiro atoms. The van der Waals surface area contributed by atoms with Crippen LogP contribution in [-0.4, -0.2) is 46.0 Å². The van der Waals surface area contributed by atoms with E-state index in [1.54, 1.807) is 0 Å². The Bertz CT molecular complexity index is 1290. The number of rotatable bonds is 7. The minimum atomic E-state index is -0.255. The van der Waals surface area contributed by atoms with E-state index in [0.717, 1.165) is 42.8 Å². The number of nitrogens with zero attached hydrogens (tertiary/aromatic N) is 4. The van der Waals surface area contributed by atoms with Gasteiger partial charge in [-0.15, -0.1) is 0 Å². The molecule has 10 heteroatoms. The van der Waals surface area contributed by atoms with Crippen LogP contribution in [0.4, 0.5) is 5.13 Å². The van der Waals surface area contributed by atoms with Crippen LogP contribution in [0, 0.1) is 5.92 Å². The molecular weight excluding hydrogens is 464 g/mol. The molecule has 35 heavy (non-hydrogen) atoms. The maximum absolute atomic E-state index is 13.1. The van der Waals surface area contributed by atoms with Crippen molar-refractivity contribution in [1.29, 1.82) is 0 Å². The van der Waals surface area contributed by atoms with Crippen LogP contribution in [0.2, 0.25) is 0 Å². The molecule has 2 amide bonds. The molecule has 2 N–H and O–H groups in total. The van der Waals surface area contributed by atoms with Crippen molar-refractivity contribution in [2.24, 2.45) is 5.92 Å². The minimum Gasteiger partial charge on any atom is -0.356 e. The van der Waals surface area contributed by atoms with Crippen LogP contribution >= 0.6 is 11.3 Å². The summed E-state index contributed by atoms with van der Waals surface area (Å²) in [5.74, 6) is -0.0595. The molecule has 0 bridgehead atoms. The summed E-state index contributed by atoms with van der Waals surface area (Å²) in [6.45, 7) is 4.10. The van der Waals surface area contributed by atoms with Gasteiger partial charge < -0.3 is 15.5 Å². The third-order valence-electron chi connectivity index (χ3n) is 6.84. The van der Waals surface area contributed by atoms with Crippen LogP contribution in [0.1, 0.15) is 49.8 Å².